The normalized spacial score (nSPS) is 13.0. The number of hydrogen-bond acceptors (Lipinski definition) is 2. The van der Waals surface area contributed by atoms with Gasteiger partial charge in [-0.05, 0) is 51.7 Å². The first kappa shape index (κ1) is 21.9. The zero-order valence-electron chi connectivity index (χ0n) is 15.8. The van der Waals surface area contributed by atoms with Crippen molar-refractivity contribution in [2.45, 2.75) is 110 Å². The topological polar surface area (TPSA) is 23.5 Å². The molecule has 0 saturated carbocycles. The summed E-state index contributed by atoms with van der Waals surface area (Å²) >= 11 is 0. The Kier molecular flexibility index (Phi) is 17.2. The van der Waals surface area contributed by atoms with Gasteiger partial charge in [0.25, 0.3) is 0 Å². The molecule has 0 radical (unpaired) electrons. The average molecular weight is 314 g/mol. The Balaban J connectivity index is 3.58. The summed E-state index contributed by atoms with van der Waals surface area (Å²) in [6.07, 6.45) is 16.2. The number of nitrogens with zero attached hydrogens (tertiary/aromatic N) is 1. The van der Waals surface area contributed by atoms with Gasteiger partial charge in [0.15, 0.2) is 0 Å². The average Bonchev–Trinajstić information content (AvgIpc) is 2.52. The number of unbranched alkanes of at least 4 members (excludes halogenated alkanes) is 7. The highest BCUT2D eigenvalue weighted by atomic mass is 16.3. The highest BCUT2D eigenvalue weighted by Crippen LogP contribution is 2.12. The van der Waals surface area contributed by atoms with Crippen LogP contribution < -0.4 is 0 Å². The van der Waals surface area contributed by atoms with E-state index in [1.54, 1.807) is 0 Å². The molecule has 0 saturated heterocycles. The molecule has 0 aliphatic rings. The lowest BCUT2D eigenvalue weighted by Gasteiger charge is -2.22. The van der Waals surface area contributed by atoms with Gasteiger partial charge in [-0.2, -0.15) is 0 Å². The molecule has 1 N–H and O–H groups in total. The molecule has 0 rings (SSSR count). The zero-order chi connectivity index (χ0) is 16.5. The summed E-state index contributed by atoms with van der Waals surface area (Å²) in [5.41, 5.74) is 0. The molecule has 22 heavy (non-hydrogen) atoms. The molecule has 0 aromatic carbocycles. The maximum absolute atomic E-state index is 10.1. The summed E-state index contributed by atoms with van der Waals surface area (Å²) in [6, 6.07) is 0. The van der Waals surface area contributed by atoms with Crippen LogP contribution >= 0.6 is 0 Å². The van der Waals surface area contributed by atoms with Gasteiger partial charge in [0.1, 0.15) is 0 Å². The predicted octanol–water partition coefficient (Wildman–Crippen LogP) is 5.78. The fourth-order valence-corrected chi connectivity index (χ4v) is 2.95. The van der Waals surface area contributed by atoms with Gasteiger partial charge in [0.05, 0.1) is 6.10 Å². The van der Waals surface area contributed by atoms with Crippen molar-refractivity contribution < 1.29 is 5.11 Å². The molecule has 0 bridgehead atoms. The highest BCUT2D eigenvalue weighted by molar-refractivity contribution is 4.62. The Morgan fingerprint density at radius 1 is 0.591 bits per heavy atom. The number of rotatable bonds is 17. The van der Waals surface area contributed by atoms with Crippen LogP contribution in [0.1, 0.15) is 104 Å². The Morgan fingerprint density at radius 3 is 1.64 bits per heavy atom. The summed E-state index contributed by atoms with van der Waals surface area (Å²) in [6.45, 7) is 10.4. The van der Waals surface area contributed by atoms with Crippen LogP contribution in [0.25, 0.3) is 0 Å². The number of aliphatic hydroxyl groups is 1. The standard InChI is InChI=1S/C20H43NO/c1-4-7-10-11-12-13-15-20(22)16-14-19-21(17-8-5-2)18-9-6-3/h20,22H,4-19H2,1-3H3. The third kappa shape index (κ3) is 14.8. The van der Waals surface area contributed by atoms with E-state index in [4.69, 9.17) is 0 Å². The van der Waals surface area contributed by atoms with Crippen LogP contribution in [-0.2, 0) is 0 Å². The maximum atomic E-state index is 10.1. The van der Waals surface area contributed by atoms with Crippen LogP contribution in [0.4, 0.5) is 0 Å². The molecule has 0 aromatic rings. The van der Waals surface area contributed by atoms with Gasteiger partial charge >= 0.3 is 0 Å². The Labute approximate surface area is 140 Å². The summed E-state index contributed by atoms with van der Waals surface area (Å²) < 4.78 is 0. The monoisotopic (exact) mass is 313 g/mol. The van der Waals surface area contributed by atoms with Crippen LogP contribution in [0, 0.1) is 0 Å². The van der Waals surface area contributed by atoms with E-state index in [0.717, 1.165) is 19.3 Å². The van der Waals surface area contributed by atoms with Gasteiger partial charge in [0.2, 0.25) is 0 Å². The molecule has 2 nitrogen and oxygen atoms in total. The zero-order valence-corrected chi connectivity index (χ0v) is 15.8. The minimum absolute atomic E-state index is 0.0645. The van der Waals surface area contributed by atoms with Gasteiger partial charge in [0, 0.05) is 0 Å². The van der Waals surface area contributed by atoms with Crippen molar-refractivity contribution in [2.75, 3.05) is 19.6 Å². The third-order valence-electron chi connectivity index (χ3n) is 4.56. The molecule has 0 fully saturated rings. The summed E-state index contributed by atoms with van der Waals surface area (Å²) in [5.74, 6) is 0. The van der Waals surface area contributed by atoms with E-state index in [1.165, 1.54) is 83.8 Å². The second kappa shape index (κ2) is 17.3. The molecular formula is C20H43NO. The molecule has 1 unspecified atom stereocenters. The molecular weight excluding hydrogens is 270 g/mol. The predicted molar refractivity (Wildman–Crippen MR) is 99.5 cm³/mol. The quantitative estimate of drug-likeness (QED) is 0.344. The molecule has 134 valence electrons. The van der Waals surface area contributed by atoms with Gasteiger partial charge < -0.3 is 10.0 Å². The second-order valence-corrected chi connectivity index (χ2v) is 6.90. The third-order valence-corrected chi connectivity index (χ3v) is 4.56. The van der Waals surface area contributed by atoms with Crippen LogP contribution in [0.2, 0.25) is 0 Å². The first-order valence-electron chi connectivity index (χ1n) is 10.1. The van der Waals surface area contributed by atoms with Crippen LogP contribution in [0.5, 0.6) is 0 Å². The maximum Gasteiger partial charge on any atom is 0.0540 e. The van der Waals surface area contributed by atoms with Crippen LogP contribution in [-0.4, -0.2) is 35.7 Å². The molecule has 0 heterocycles. The first-order chi connectivity index (χ1) is 10.7. The molecule has 0 aliphatic carbocycles. The second-order valence-electron chi connectivity index (χ2n) is 6.90. The fourth-order valence-electron chi connectivity index (χ4n) is 2.95. The highest BCUT2D eigenvalue weighted by Gasteiger charge is 2.07. The Hall–Kier alpha value is -0.0800. The summed E-state index contributed by atoms with van der Waals surface area (Å²) in [4.78, 5) is 2.60. The van der Waals surface area contributed by atoms with E-state index in [9.17, 15) is 5.11 Å². The Morgan fingerprint density at radius 2 is 1.05 bits per heavy atom. The van der Waals surface area contributed by atoms with Crippen molar-refractivity contribution in [3.63, 3.8) is 0 Å². The Bertz CT molecular complexity index is 200. The summed E-state index contributed by atoms with van der Waals surface area (Å²) in [5, 5.41) is 10.1. The molecule has 2 heteroatoms. The van der Waals surface area contributed by atoms with E-state index in [0.29, 0.717) is 0 Å². The van der Waals surface area contributed by atoms with Crippen molar-refractivity contribution >= 4 is 0 Å². The SMILES string of the molecule is CCCCCCCCC(O)CCCN(CCCC)CCCC. The van der Waals surface area contributed by atoms with E-state index in [2.05, 4.69) is 25.7 Å². The van der Waals surface area contributed by atoms with Gasteiger partial charge in [-0.25, -0.2) is 0 Å². The van der Waals surface area contributed by atoms with Gasteiger partial charge in [-0.3, -0.25) is 0 Å². The van der Waals surface area contributed by atoms with Crippen molar-refractivity contribution in [1.82, 2.24) is 4.90 Å². The number of aliphatic hydroxyl groups excluding tert-OH is 1. The van der Waals surface area contributed by atoms with Crippen LogP contribution in [0.3, 0.4) is 0 Å². The van der Waals surface area contributed by atoms with E-state index in [1.807, 2.05) is 0 Å². The summed E-state index contributed by atoms with van der Waals surface area (Å²) in [7, 11) is 0. The molecule has 0 amide bonds. The minimum Gasteiger partial charge on any atom is -0.393 e. The van der Waals surface area contributed by atoms with E-state index in [-0.39, 0.29) is 6.10 Å². The molecule has 1 atom stereocenters. The lowest BCUT2D eigenvalue weighted by atomic mass is 10.0. The molecule has 0 aromatic heterocycles. The van der Waals surface area contributed by atoms with Crippen molar-refractivity contribution in [1.29, 1.82) is 0 Å². The largest absolute Gasteiger partial charge is 0.393 e. The van der Waals surface area contributed by atoms with Gasteiger partial charge in [-0.15, -0.1) is 0 Å². The smallest absolute Gasteiger partial charge is 0.0540 e. The van der Waals surface area contributed by atoms with E-state index >= 15 is 0 Å². The van der Waals surface area contributed by atoms with Gasteiger partial charge in [-0.1, -0.05) is 72.1 Å². The first-order valence-corrected chi connectivity index (χ1v) is 10.1. The van der Waals surface area contributed by atoms with Crippen molar-refractivity contribution in [3.05, 3.63) is 0 Å². The van der Waals surface area contributed by atoms with Crippen LogP contribution in [0.15, 0.2) is 0 Å². The van der Waals surface area contributed by atoms with Crippen molar-refractivity contribution in [3.8, 4) is 0 Å². The molecule has 0 spiro atoms. The lowest BCUT2D eigenvalue weighted by Crippen LogP contribution is -2.27. The fraction of sp³-hybridized carbons (Fsp3) is 1.00. The van der Waals surface area contributed by atoms with E-state index < -0.39 is 0 Å². The number of hydrogen-bond donors (Lipinski definition) is 1. The minimum atomic E-state index is -0.0645. The lowest BCUT2D eigenvalue weighted by molar-refractivity contribution is 0.140. The molecule has 0 aliphatic heterocycles. The van der Waals surface area contributed by atoms with Crippen molar-refractivity contribution in [2.24, 2.45) is 0 Å².